The summed E-state index contributed by atoms with van der Waals surface area (Å²) < 4.78 is 36.9. The number of carbonyl (C=O) groups excluding carboxylic acids is 1. The van der Waals surface area contributed by atoms with E-state index in [1.165, 1.54) is 39.5 Å². The van der Waals surface area contributed by atoms with Crippen LogP contribution in [-0.4, -0.2) is 46.4 Å². The molecule has 1 N–H and O–H groups in total. The molecule has 2 aromatic rings. The number of methoxy groups -OCH3 is 2. The number of hydrogen-bond donors (Lipinski definition) is 1. The zero-order valence-electron chi connectivity index (χ0n) is 16.7. The molecule has 2 aromatic carbocycles. The summed E-state index contributed by atoms with van der Waals surface area (Å²) in [5.74, 6) is 0.339. The van der Waals surface area contributed by atoms with E-state index in [9.17, 15) is 13.2 Å². The third-order valence-electron chi connectivity index (χ3n) is 4.46. The molecule has 0 aliphatic rings. The summed E-state index contributed by atoms with van der Waals surface area (Å²) in [6.45, 7) is 3.53. The lowest BCUT2D eigenvalue weighted by molar-refractivity contribution is -0.121. The van der Waals surface area contributed by atoms with Crippen LogP contribution in [0.25, 0.3) is 0 Å². The van der Waals surface area contributed by atoms with Gasteiger partial charge in [-0.25, -0.2) is 8.42 Å². The van der Waals surface area contributed by atoms with E-state index in [1.54, 1.807) is 0 Å². The molecule has 7 nitrogen and oxygen atoms in total. The number of amides is 1. The van der Waals surface area contributed by atoms with Gasteiger partial charge in [0.2, 0.25) is 15.9 Å². The van der Waals surface area contributed by atoms with E-state index in [0.29, 0.717) is 11.5 Å². The molecule has 1 unspecified atom stereocenters. The molecule has 0 radical (unpaired) electrons. The molecule has 0 fully saturated rings. The molecule has 0 bridgehead atoms. The van der Waals surface area contributed by atoms with Crippen molar-refractivity contribution < 1.29 is 22.7 Å². The van der Waals surface area contributed by atoms with Gasteiger partial charge in [0.25, 0.3) is 0 Å². The fourth-order valence-electron chi connectivity index (χ4n) is 2.88. The number of aryl methyl sites for hydroxylation is 1. The van der Waals surface area contributed by atoms with Crippen LogP contribution in [0.1, 0.15) is 24.1 Å². The normalized spacial score (nSPS) is 12.5. The number of nitrogens with zero attached hydrogens (tertiary/aromatic N) is 1. The molecule has 0 aliphatic carbocycles. The highest BCUT2D eigenvalue weighted by Crippen LogP contribution is 2.30. The first kappa shape index (κ1) is 21.7. The van der Waals surface area contributed by atoms with Gasteiger partial charge in [-0.15, -0.1) is 0 Å². The monoisotopic (exact) mass is 406 g/mol. The summed E-state index contributed by atoms with van der Waals surface area (Å²) in [6.07, 6.45) is 0. The van der Waals surface area contributed by atoms with Crippen molar-refractivity contribution in [3.63, 3.8) is 0 Å². The fraction of sp³-hybridized carbons (Fsp3) is 0.350. The van der Waals surface area contributed by atoms with Crippen molar-refractivity contribution in [1.82, 2.24) is 9.62 Å². The van der Waals surface area contributed by atoms with Gasteiger partial charge in [0.15, 0.2) is 11.5 Å². The van der Waals surface area contributed by atoms with E-state index < -0.39 is 10.0 Å². The maximum Gasteiger partial charge on any atom is 0.243 e. The first-order valence-electron chi connectivity index (χ1n) is 8.74. The van der Waals surface area contributed by atoms with Gasteiger partial charge in [-0.2, -0.15) is 4.31 Å². The molecule has 0 spiro atoms. The van der Waals surface area contributed by atoms with Gasteiger partial charge >= 0.3 is 0 Å². The van der Waals surface area contributed by atoms with Crippen LogP contribution in [0.3, 0.4) is 0 Å². The first-order chi connectivity index (χ1) is 13.2. The third-order valence-corrected chi connectivity index (χ3v) is 6.26. The molecule has 2 rings (SSSR count). The average Bonchev–Trinajstić information content (AvgIpc) is 2.67. The van der Waals surface area contributed by atoms with Crippen molar-refractivity contribution in [2.24, 2.45) is 0 Å². The lowest BCUT2D eigenvalue weighted by Crippen LogP contribution is -2.39. The predicted octanol–water partition coefficient (Wildman–Crippen LogP) is 2.51. The van der Waals surface area contributed by atoms with Gasteiger partial charge in [-0.3, -0.25) is 4.79 Å². The summed E-state index contributed by atoms with van der Waals surface area (Å²) in [5.41, 5.74) is 2.04. The quantitative estimate of drug-likeness (QED) is 0.728. The number of carbonyl (C=O) groups is 1. The van der Waals surface area contributed by atoms with Gasteiger partial charge < -0.3 is 14.8 Å². The summed E-state index contributed by atoms with van der Waals surface area (Å²) in [7, 11) is 0.401. The second-order valence-corrected chi connectivity index (χ2v) is 8.47. The minimum atomic E-state index is -3.86. The maximum atomic E-state index is 12.8. The Hall–Kier alpha value is -2.58. The van der Waals surface area contributed by atoms with Crippen LogP contribution in [0.2, 0.25) is 0 Å². The molecule has 0 saturated heterocycles. The Morgan fingerprint density at radius 2 is 1.75 bits per heavy atom. The van der Waals surface area contributed by atoms with Crippen LogP contribution < -0.4 is 14.8 Å². The van der Waals surface area contributed by atoms with E-state index in [0.717, 1.165) is 15.4 Å². The van der Waals surface area contributed by atoms with Crippen molar-refractivity contribution in [2.75, 3.05) is 27.8 Å². The minimum Gasteiger partial charge on any atom is -0.493 e. The SMILES string of the molecule is COc1ccc(S(=O)(=O)N(C)CC(=O)NC(C)c2ccccc2C)cc1OC. The van der Waals surface area contributed by atoms with Crippen LogP contribution in [0, 0.1) is 6.92 Å². The molecule has 1 atom stereocenters. The number of sulfonamides is 1. The van der Waals surface area contributed by atoms with E-state index in [-0.39, 0.29) is 23.4 Å². The lowest BCUT2D eigenvalue weighted by atomic mass is 10.0. The molecular formula is C20H26N2O5S. The summed E-state index contributed by atoms with van der Waals surface area (Å²) in [5, 5.41) is 2.84. The molecule has 152 valence electrons. The summed E-state index contributed by atoms with van der Waals surface area (Å²) in [6, 6.07) is 11.8. The van der Waals surface area contributed by atoms with Gasteiger partial charge in [0.1, 0.15) is 0 Å². The second-order valence-electron chi connectivity index (χ2n) is 6.42. The lowest BCUT2D eigenvalue weighted by Gasteiger charge is -2.20. The van der Waals surface area contributed by atoms with E-state index in [1.807, 2.05) is 38.1 Å². The molecule has 0 aliphatic heterocycles. The van der Waals surface area contributed by atoms with Crippen molar-refractivity contribution in [3.05, 3.63) is 53.6 Å². The largest absolute Gasteiger partial charge is 0.493 e. The third kappa shape index (κ3) is 4.82. The van der Waals surface area contributed by atoms with Crippen molar-refractivity contribution in [1.29, 1.82) is 0 Å². The second kappa shape index (κ2) is 9.07. The molecule has 28 heavy (non-hydrogen) atoms. The smallest absolute Gasteiger partial charge is 0.243 e. The van der Waals surface area contributed by atoms with Crippen molar-refractivity contribution >= 4 is 15.9 Å². The molecule has 1 amide bonds. The first-order valence-corrected chi connectivity index (χ1v) is 10.2. The number of likely N-dealkylation sites (N-methyl/N-ethyl adjacent to an activating group) is 1. The highest BCUT2D eigenvalue weighted by atomic mass is 32.2. The van der Waals surface area contributed by atoms with Crippen LogP contribution >= 0.6 is 0 Å². The fourth-order valence-corrected chi connectivity index (χ4v) is 4.02. The topological polar surface area (TPSA) is 84.9 Å². The van der Waals surface area contributed by atoms with Gasteiger partial charge in [0.05, 0.1) is 31.7 Å². The Labute approximate surface area is 166 Å². The van der Waals surface area contributed by atoms with Crippen LogP contribution in [0.15, 0.2) is 47.4 Å². The number of ether oxygens (including phenoxy) is 2. The van der Waals surface area contributed by atoms with E-state index in [4.69, 9.17) is 9.47 Å². The number of rotatable bonds is 8. The molecule has 8 heteroatoms. The number of nitrogens with one attached hydrogen (secondary N) is 1. The average molecular weight is 407 g/mol. The molecule has 0 saturated carbocycles. The van der Waals surface area contributed by atoms with Gasteiger partial charge in [-0.05, 0) is 37.1 Å². The Morgan fingerprint density at radius 1 is 1.11 bits per heavy atom. The highest BCUT2D eigenvalue weighted by Gasteiger charge is 2.25. The van der Waals surface area contributed by atoms with Crippen LogP contribution in [0.4, 0.5) is 0 Å². The zero-order valence-corrected chi connectivity index (χ0v) is 17.5. The Balaban J connectivity index is 2.11. The van der Waals surface area contributed by atoms with Gasteiger partial charge in [-0.1, -0.05) is 24.3 Å². The number of benzene rings is 2. The zero-order chi connectivity index (χ0) is 20.9. The number of hydrogen-bond acceptors (Lipinski definition) is 5. The van der Waals surface area contributed by atoms with E-state index in [2.05, 4.69) is 5.32 Å². The Morgan fingerprint density at radius 3 is 2.36 bits per heavy atom. The Bertz CT molecular complexity index is 943. The maximum absolute atomic E-state index is 12.8. The predicted molar refractivity (Wildman–Crippen MR) is 107 cm³/mol. The standard InChI is InChI=1S/C20H26N2O5S/c1-14-8-6-7-9-17(14)15(2)21-20(23)13-22(3)28(24,25)16-10-11-18(26-4)19(12-16)27-5/h6-12,15H,13H2,1-5H3,(H,21,23). The van der Waals surface area contributed by atoms with Crippen molar-refractivity contribution in [2.45, 2.75) is 24.8 Å². The minimum absolute atomic E-state index is 0.0207. The summed E-state index contributed by atoms with van der Waals surface area (Å²) >= 11 is 0. The molecular weight excluding hydrogens is 380 g/mol. The van der Waals surface area contributed by atoms with Gasteiger partial charge in [0, 0.05) is 13.1 Å². The van der Waals surface area contributed by atoms with Crippen LogP contribution in [-0.2, 0) is 14.8 Å². The molecule has 0 aromatic heterocycles. The Kier molecular flexibility index (Phi) is 7.04. The summed E-state index contributed by atoms with van der Waals surface area (Å²) in [4.78, 5) is 12.4. The van der Waals surface area contributed by atoms with Crippen molar-refractivity contribution in [3.8, 4) is 11.5 Å². The molecule has 0 heterocycles. The highest BCUT2D eigenvalue weighted by molar-refractivity contribution is 7.89. The van der Waals surface area contributed by atoms with E-state index >= 15 is 0 Å². The van der Waals surface area contributed by atoms with Crippen LogP contribution in [0.5, 0.6) is 11.5 Å².